The van der Waals surface area contributed by atoms with Gasteiger partial charge in [0.05, 0.1) is 6.07 Å². The minimum atomic E-state index is -0.322. The van der Waals surface area contributed by atoms with E-state index < -0.39 is 0 Å². The van der Waals surface area contributed by atoms with Crippen molar-refractivity contribution >= 4 is 12.4 Å². The van der Waals surface area contributed by atoms with Gasteiger partial charge in [0, 0.05) is 0 Å². The van der Waals surface area contributed by atoms with Gasteiger partial charge in [0.25, 0.3) is 5.56 Å². The molecule has 0 saturated carbocycles. The summed E-state index contributed by atoms with van der Waals surface area (Å²) >= 11 is 0. The number of rotatable bonds is 0. The van der Waals surface area contributed by atoms with Crippen LogP contribution >= 0.6 is 12.4 Å². The van der Waals surface area contributed by atoms with Gasteiger partial charge in [-0.1, -0.05) is 0 Å². The Balaban J connectivity index is 0.000000490. The van der Waals surface area contributed by atoms with E-state index in [9.17, 15) is 4.79 Å². The molecular weight excluding hydrogens is 131 g/mol. The van der Waals surface area contributed by atoms with Crippen LogP contribution in [0.25, 0.3) is 0 Å². The van der Waals surface area contributed by atoms with E-state index in [-0.39, 0.29) is 23.8 Å². The first kappa shape index (κ1) is 7.10. The van der Waals surface area contributed by atoms with Crippen LogP contribution in [0, 0.1) is 0 Å². The number of hydrogen-bond donors (Lipinski definition) is 3. The van der Waals surface area contributed by atoms with Gasteiger partial charge in [-0.3, -0.25) is 15.0 Å². The highest BCUT2D eigenvalue weighted by Crippen LogP contribution is 1.89. The number of aromatic hydroxyl groups is 1. The summed E-state index contributed by atoms with van der Waals surface area (Å²) in [5.74, 6) is -0.134. The first-order valence-electron chi connectivity index (χ1n) is 1.76. The van der Waals surface area contributed by atoms with Crippen molar-refractivity contribution in [2.45, 2.75) is 0 Å². The molecule has 8 heavy (non-hydrogen) atoms. The van der Waals surface area contributed by atoms with Gasteiger partial charge in [-0.2, -0.15) is 0 Å². The zero-order chi connectivity index (χ0) is 5.28. The van der Waals surface area contributed by atoms with Crippen LogP contribution in [-0.4, -0.2) is 15.3 Å². The van der Waals surface area contributed by atoms with E-state index in [1.165, 1.54) is 0 Å². The molecule has 0 aliphatic carbocycles. The predicted octanol–water partition coefficient (Wildman–Crippen LogP) is -0.170. The van der Waals surface area contributed by atoms with E-state index >= 15 is 0 Å². The Hall–Kier alpha value is -0.900. The zero-order valence-electron chi connectivity index (χ0n) is 3.84. The third kappa shape index (κ3) is 1.31. The molecule has 0 fully saturated rings. The average Bonchev–Trinajstić information content (AvgIpc) is 1.87. The van der Waals surface area contributed by atoms with Gasteiger partial charge in [0.1, 0.15) is 0 Å². The maximum Gasteiger partial charge on any atom is 0.267 e. The Bertz CT molecular complexity index is 203. The van der Waals surface area contributed by atoms with Crippen LogP contribution < -0.4 is 5.56 Å². The van der Waals surface area contributed by atoms with Crippen molar-refractivity contribution in [1.82, 2.24) is 10.2 Å². The third-order valence-corrected chi connectivity index (χ3v) is 0.582. The number of halogens is 1. The predicted molar refractivity (Wildman–Crippen MR) is 30.3 cm³/mol. The highest BCUT2D eigenvalue weighted by Gasteiger charge is 1.84. The summed E-state index contributed by atoms with van der Waals surface area (Å²) in [4.78, 5) is 10.0. The molecule has 4 nitrogen and oxygen atoms in total. The van der Waals surface area contributed by atoms with E-state index in [4.69, 9.17) is 5.11 Å². The molecule has 3 N–H and O–H groups in total. The van der Waals surface area contributed by atoms with Gasteiger partial charge in [-0.25, -0.2) is 0 Å². The molecule has 1 aromatic rings. The molecule has 0 aromatic carbocycles. The van der Waals surface area contributed by atoms with Crippen LogP contribution in [0.15, 0.2) is 10.9 Å². The SMILES string of the molecule is Cl.O=c1cc(O)[nH][nH]1. The lowest BCUT2D eigenvalue weighted by molar-refractivity contribution is 0.452. The Morgan fingerprint density at radius 3 is 2.25 bits per heavy atom. The molecule has 0 saturated heterocycles. The lowest BCUT2D eigenvalue weighted by Gasteiger charge is -1.69. The molecule has 1 rings (SSSR count). The van der Waals surface area contributed by atoms with Gasteiger partial charge >= 0.3 is 0 Å². The van der Waals surface area contributed by atoms with Crippen molar-refractivity contribution in [2.75, 3.05) is 0 Å². The molecular formula is C3H5ClN2O2. The number of aromatic amines is 2. The second-order valence-electron chi connectivity index (χ2n) is 1.14. The van der Waals surface area contributed by atoms with Gasteiger partial charge in [-0.05, 0) is 0 Å². The molecule has 0 unspecified atom stereocenters. The minimum Gasteiger partial charge on any atom is -0.494 e. The Morgan fingerprint density at radius 1 is 1.50 bits per heavy atom. The van der Waals surface area contributed by atoms with Crippen LogP contribution in [0.4, 0.5) is 0 Å². The standard InChI is InChI=1S/C3H4N2O2.ClH/c6-2-1-3(7)5-4-2;/h1H,(H3,4,5,6,7);1H. The fourth-order valence-electron chi connectivity index (χ4n) is 0.322. The summed E-state index contributed by atoms with van der Waals surface area (Å²) in [6, 6.07) is 1.06. The molecule has 0 amide bonds. The quantitative estimate of drug-likeness (QED) is 0.464. The highest BCUT2D eigenvalue weighted by molar-refractivity contribution is 5.85. The van der Waals surface area contributed by atoms with Crippen molar-refractivity contribution in [3.63, 3.8) is 0 Å². The molecule has 1 heterocycles. The normalized spacial score (nSPS) is 8.00. The molecule has 5 heteroatoms. The molecule has 0 aliphatic rings. The minimum absolute atomic E-state index is 0. The van der Waals surface area contributed by atoms with Crippen LogP contribution in [0.2, 0.25) is 0 Å². The van der Waals surface area contributed by atoms with Crippen LogP contribution in [0.3, 0.4) is 0 Å². The molecule has 0 atom stereocenters. The number of aromatic nitrogens is 2. The van der Waals surface area contributed by atoms with Crippen molar-refractivity contribution < 1.29 is 5.11 Å². The summed E-state index contributed by atoms with van der Waals surface area (Å²) in [5, 5.41) is 12.7. The molecule has 0 aliphatic heterocycles. The second-order valence-corrected chi connectivity index (χ2v) is 1.14. The smallest absolute Gasteiger partial charge is 0.267 e. The lowest BCUT2D eigenvalue weighted by Crippen LogP contribution is -1.93. The van der Waals surface area contributed by atoms with Gasteiger partial charge in [0.2, 0.25) is 5.88 Å². The Kier molecular flexibility index (Phi) is 2.15. The summed E-state index contributed by atoms with van der Waals surface area (Å²) in [6.07, 6.45) is 0. The number of hydrogen-bond acceptors (Lipinski definition) is 2. The van der Waals surface area contributed by atoms with Crippen molar-refractivity contribution in [1.29, 1.82) is 0 Å². The first-order chi connectivity index (χ1) is 3.29. The average molecular weight is 137 g/mol. The fraction of sp³-hybridized carbons (Fsp3) is 0. The number of nitrogens with one attached hydrogen (secondary N) is 2. The lowest BCUT2D eigenvalue weighted by atomic mass is 10.7. The van der Waals surface area contributed by atoms with Crippen molar-refractivity contribution in [2.24, 2.45) is 0 Å². The molecule has 0 bridgehead atoms. The largest absolute Gasteiger partial charge is 0.494 e. The fourth-order valence-corrected chi connectivity index (χ4v) is 0.322. The van der Waals surface area contributed by atoms with E-state index in [1.807, 2.05) is 0 Å². The molecule has 0 radical (unpaired) electrons. The summed E-state index contributed by atoms with van der Waals surface area (Å²) < 4.78 is 0. The van der Waals surface area contributed by atoms with Gasteiger partial charge < -0.3 is 5.11 Å². The summed E-state index contributed by atoms with van der Waals surface area (Å²) in [5.41, 5.74) is -0.322. The maximum absolute atomic E-state index is 10.0. The molecule has 46 valence electrons. The monoisotopic (exact) mass is 136 g/mol. The Labute approximate surface area is 50.9 Å². The first-order valence-corrected chi connectivity index (χ1v) is 1.76. The van der Waals surface area contributed by atoms with Crippen LogP contribution in [0.1, 0.15) is 0 Å². The van der Waals surface area contributed by atoms with E-state index in [2.05, 4.69) is 10.2 Å². The van der Waals surface area contributed by atoms with Crippen molar-refractivity contribution in [3.05, 3.63) is 16.4 Å². The van der Waals surface area contributed by atoms with Crippen LogP contribution in [0.5, 0.6) is 5.88 Å². The Morgan fingerprint density at radius 2 is 2.12 bits per heavy atom. The van der Waals surface area contributed by atoms with Crippen molar-refractivity contribution in [3.8, 4) is 5.88 Å². The third-order valence-electron chi connectivity index (χ3n) is 0.582. The number of H-pyrrole nitrogens is 2. The van der Waals surface area contributed by atoms with E-state index in [0.717, 1.165) is 6.07 Å². The van der Waals surface area contributed by atoms with Gasteiger partial charge in [-0.15, -0.1) is 12.4 Å². The highest BCUT2D eigenvalue weighted by atomic mass is 35.5. The summed E-state index contributed by atoms with van der Waals surface area (Å²) in [6.45, 7) is 0. The molecule has 1 aromatic heterocycles. The molecule has 0 spiro atoms. The van der Waals surface area contributed by atoms with Gasteiger partial charge in [0.15, 0.2) is 0 Å². The van der Waals surface area contributed by atoms with E-state index in [0.29, 0.717) is 0 Å². The zero-order valence-corrected chi connectivity index (χ0v) is 4.66. The topological polar surface area (TPSA) is 68.9 Å². The second kappa shape index (κ2) is 2.42. The maximum atomic E-state index is 10.0. The summed E-state index contributed by atoms with van der Waals surface area (Å²) in [7, 11) is 0. The van der Waals surface area contributed by atoms with E-state index in [1.54, 1.807) is 0 Å². The van der Waals surface area contributed by atoms with Crippen LogP contribution in [-0.2, 0) is 0 Å².